The summed E-state index contributed by atoms with van der Waals surface area (Å²) in [5.41, 5.74) is 2.20. The van der Waals surface area contributed by atoms with Crippen molar-refractivity contribution in [3.8, 4) is 0 Å². The van der Waals surface area contributed by atoms with Crippen LogP contribution in [0.15, 0.2) is 6.33 Å². The van der Waals surface area contributed by atoms with Crippen LogP contribution < -0.4 is 10.2 Å². The van der Waals surface area contributed by atoms with Crippen LogP contribution in [-0.4, -0.2) is 35.0 Å². The lowest BCUT2D eigenvalue weighted by molar-refractivity contribution is -0.129. The van der Waals surface area contributed by atoms with Crippen LogP contribution in [0, 0.1) is 5.41 Å². The first-order valence-corrected chi connectivity index (χ1v) is 7.34. The van der Waals surface area contributed by atoms with Crippen molar-refractivity contribution in [3.05, 3.63) is 17.6 Å². The van der Waals surface area contributed by atoms with Gasteiger partial charge in [0.2, 0.25) is 5.91 Å². The quantitative estimate of drug-likeness (QED) is 0.883. The summed E-state index contributed by atoms with van der Waals surface area (Å²) in [5.74, 6) is 1.20. The third-order valence-electron chi connectivity index (χ3n) is 4.05. The van der Waals surface area contributed by atoms with E-state index in [1.165, 1.54) is 17.7 Å². The highest BCUT2D eigenvalue weighted by atomic mass is 16.2. The summed E-state index contributed by atoms with van der Waals surface area (Å²) in [6, 6.07) is 0.244. The molecule has 3 rings (SSSR count). The summed E-state index contributed by atoms with van der Waals surface area (Å²) < 4.78 is 0. The highest BCUT2D eigenvalue weighted by Crippen LogP contribution is 2.30. The van der Waals surface area contributed by atoms with Gasteiger partial charge in [-0.25, -0.2) is 9.97 Å². The number of anilines is 1. The van der Waals surface area contributed by atoms with E-state index in [2.05, 4.69) is 20.2 Å². The van der Waals surface area contributed by atoms with Crippen molar-refractivity contribution in [1.82, 2.24) is 15.3 Å². The van der Waals surface area contributed by atoms with Gasteiger partial charge in [-0.15, -0.1) is 0 Å². The maximum atomic E-state index is 11.9. The van der Waals surface area contributed by atoms with Crippen LogP contribution in [-0.2, 0) is 17.6 Å². The van der Waals surface area contributed by atoms with Gasteiger partial charge < -0.3 is 10.2 Å². The number of hydrogen-bond acceptors (Lipinski definition) is 4. The molecule has 0 bridgehead atoms. The zero-order valence-electron chi connectivity index (χ0n) is 12.4. The Labute approximate surface area is 119 Å². The summed E-state index contributed by atoms with van der Waals surface area (Å²) >= 11 is 0. The fourth-order valence-corrected chi connectivity index (χ4v) is 2.76. The van der Waals surface area contributed by atoms with Gasteiger partial charge in [0.05, 0.1) is 6.04 Å². The van der Waals surface area contributed by atoms with Crippen LogP contribution in [0.3, 0.4) is 0 Å². The molecule has 0 unspecified atom stereocenters. The van der Waals surface area contributed by atoms with Crippen molar-refractivity contribution in [1.29, 1.82) is 0 Å². The minimum absolute atomic E-state index is 0.120. The second-order valence-corrected chi connectivity index (χ2v) is 6.80. The summed E-state index contributed by atoms with van der Waals surface area (Å²) in [6.07, 6.45) is 5.00. The maximum absolute atomic E-state index is 11.9. The molecule has 0 aromatic carbocycles. The summed E-state index contributed by atoms with van der Waals surface area (Å²) in [6.45, 7) is 7.53. The van der Waals surface area contributed by atoms with Gasteiger partial charge in [-0.1, -0.05) is 20.8 Å². The highest BCUT2D eigenvalue weighted by molar-refractivity contribution is 5.82. The first-order valence-electron chi connectivity index (χ1n) is 7.34. The molecule has 0 spiro atoms. The zero-order valence-corrected chi connectivity index (χ0v) is 12.4. The lowest BCUT2D eigenvalue weighted by atomic mass is 9.94. The summed E-state index contributed by atoms with van der Waals surface area (Å²) in [4.78, 5) is 23.0. The average Bonchev–Trinajstić information content (AvgIpc) is 2.79. The molecule has 2 heterocycles. The van der Waals surface area contributed by atoms with Crippen LogP contribution in [0.1, 0.15) is 38.4 Å². The Morgan fingerprint density at radius 3 is 2.75 bits per heavy atom. The number of hydrogen-bond donors (Lipinski definition) is 1. The number of aryl methyl sites for hydroxylation is 1. The Morgan fingerprint density at radius 1 is 1.30 bits per heavy atom. The Morgan fingerprint density at radius 2 is 2.05 bits per heavy atom. The summed E-state index contributed by atoms with van der Waals surface area (Å²) in [7, 11) is 0. The van der Waals surface area contributed by atoms with E-state index in [9.17, 15) is 4.79 Å². The zero-order chi connectivity index (χ0) is 14.3. The number of rotatable bonds is 2. The number of carbonyl (C=O) groups is 1. The van der Waals surface area contributed by atoms with E-state index >= 15 is 0 Å². The molecule has 0 saturated carbocycles. The molecule has 1 amide bonds. The largest absolute Gasteiger partial charge is 0.352 e. The first kappa shape index (κ1) is 13.3. The minimum Gasteiger partial charge on any atom is -0.352 e. The van der Waals surface area contributed by atoms with Gasteiger partial charge in [-0.05, 0) is 19.3 Å². The molecular weight excluding hydrogens is 252 g/mol. The molecule has 1 N–H and O–H groups in total. The van der Waals surface area contributed by atoms with E-state index in [0.717, 1.165) is 31.7 Å². The molecule has 1 aliphatic heterocycles. The van der Waals surface area contributed by atoms with Gasteiger partial charge in [0.25, 0.3) is 0 Å². The first-order chi connectivity index (χ1) is 9.45. The summed E-state index contributed by atoms with van der Waals surface area (Å²) in [5, 5.41) is 3.10. The molecule has 20 heavy (non-hydrogen) atoms. The lowest BCUT2D eigenvalue weighted by Crippen LogP contribution is -2.61. The fourth-order valence-electron chi connectivity index (χ4n) is 2.76. The van der Waals surface area contributed by atoms with Gasteiger partial charge in [0, 0.05) is 29.8 Å². The molecule has 2 aliphatic rings. The Bertz CT molecular complexity index is 529. The van der Waals surface area contributed by atoms with E-state index < -0.39 is 0 Å². The number of nitrogens with zero attached hydrogens (tertiary/aromatic N) is 3. The molecule has 1 aromatic rings. The predicted octanol–water partition coefficient (Wildman–Crippen LogP) is 1.32. The third-order valence-corrected chi connectivity index (χ3v) is 4.05. The van der Waals surface area contributed by atoms with Crippen LogP contribution in [0.2, 0.25) is 0 Å². The fraction of sp³-hybridized carbons (Fsp3) is 0.667. The Balaban J connectivity index is 1.62. The van der Waals surface area contributed by atoms with Crippen molar-refractivity contribution in [3.63, 3.8) is 0 Å². The number of fused-ring (bicyclic) bond motifs is 1. The molecule has 5 heteroatoms. The third kappa shape index (κ3) is 2.37. The van der Waals surface area contributed by atoms with Crippen molar-refractivity contribution in [2.24, 2.45) is 5.41 Å². The maximum Gasteiger partial charge on any atom is 0.225 e. The van der Waals surface area contributed by atoms with Gasteiger partial charge >= 0.3 is 0 Å². The van der Waals surface area contributed by atoms with Gasteiger partial charge in [-0.3, -0.25) is 4.79 Å². The van der Waals surface area contributed by atoms with E-state index in [1.807, 2.05) is 20.8 Å². The molecule has 108 valence electrons. The van der Waals surface area contributed by atoms with E-state index in [-0.39, 0.29) is 17.4 Å². The van der Waals surface area contributed by atoms with Gasteiger partial charge in [0.1, 0.15) is 12.1 Å². The van der Waals surface area contributed by atoms with Crippen molar-refractivity contribution in [2.45, 2.75) is 46.1 Å². The topological polar surface area (TPSA) is 58.1 Å². The average molecular weight is 274 g/mol. The molecule has 1 aliphatic carbocycles. The SMILES string of the molecule is CC(C)(C)C(=O)NC1CN(c2ncnc3c2CCC3)C1. The smallest absolute Gasteiger partial charge is 0.225 e. The number of amides is 1. The molecule has 5 nitrogen and oxygen atoms in total. The Kier molecular flexibility index (Phi) is 3.15. The molecule has 1 fully saturated rings. The van der Waals surface area contributed by atoms with Crippen LogP contribution >= 0.6 is 0 Å². The van der Waals surface area contributed by atoms with E-state index in [0.29, 0.717) is 0 Å². The number of nitrogens with one attached hydrogen (secondary N) is 1. The molecule has 1 saturated heterocycles. The lowest BCUT2D eigenvalue weighted by Gasteiger charge is -2.42. The molecule has 0 radical (unpaired) electrons. The predicted molar refractivity (Wildman–Crippen MR) is 77.7 cm³/mol. The van der Waals surface area contributed by atoms with E-state index in [1.54, 1.807) is 6.33 Å². The minimum atomic E-state index is -0.323. The second-order valence-electron chi connectivity index (χ2n) is 6.80. The van der Waals surface area contributed by atoms with Crippen molar-refractivity contribution in [2.75, 3.05) is 18.0 Å². The molecular formula is C15H22N4O. The van der Waals surface area contributed by atoms with Gasteiger partial charge in [-0.2, -0.15) is 0 Å². The van der Waals surface area contributed by atoms with Crippen LogP contribution in [0.5, 0.6) is 0 Å². The van der Waals surface area contributed by atoms with Crippen molar-refractivity contribution >= 4 is 11.7 Å². The number of carbonyl (C=O) groups excluding carboxylic acids is 1. The van der Waals surface area contributed by atoms with E-state index in [4.69, 9.17) is 0 Å². The molecule has 1 aromatic heterocycles. The van der Waals surface area contributed by atoms with Crippen molar-refractivity contribution < 1.29 is 4.79 Å². The molecule has 0 atom stereocenters. The Hall–Kier alpha value is -1.65. The number of aromatic nitrogens is 2. The van der Waals surface area contributed by atoms with Gasteiger partial charge in [0.15, 0.2) is 0 Å². The highest BCUT2D eigenvalue weighted by Gasteiger charge is 2.34. The van der Waals surface area contributed by atoms with Crippen LogP contribution in [0.4, 0.5) is 5.82 Å². The van der Waals surface area contributed by atoms with Crippen LogP contribution in [0.25, 0.3) is 0 Å². The monoisotopic (exact) mass is 274 g/mol. The standard InChI is InChI=1S/C15H22N4O/c1-15(2,3)14(20)18-10-7-19(8-10)13-11-5-4-6-12(11)16-9-17-13/h9-10H,4-8H2,1-3H3,(H,18,20). The second kappa shape index (κ2) is 4.72. The normalized spacial score (nSPS) is 18.6.